The molecule has 0 spiro atoms. The molecule has 3 N–H and O–H groups in total. The minimum Gasteiger partial charge on any atom is -0.399 e. The van der Waals surface area contributed by atoms with Crippen LogP contribution in [0.5, 0.6) is 0 Å². The number of nitrogens with two attached hydrogens (primary N) is 1. The van der Waals surface area contributed by atoms with Crippen molar-refractivity contribution in [2.75, 3.05) is 11.1 Å². The molecule has 0 radical (unpaired) electrons. The highest BCUT2D eigenvalue weighted by molar-refractivity contribution is 6.04. The second-order valence-corrected chi connectivity index (χ2v) is 3.60. The van der Waals surface area contributed by atoms with E-state index in [0.29, 0.717) is 11.4 Å². The highest BCUT2D eigenvalue weighted by atomic mass is 19.1. The molecule has 0 bridgehead atoms. The molecule has 1 aromatic carbocycles. The number of benzene rings is 1. The Labute approximate surface area is 97.0 Å². The summed E-state index contributed by atoms with van der Waals surface area (Å²) in [4.78, 5) is 11.8. The van der Waals surface area contributed by atoms with Crippen molar-refractivity contribution in [1.29, 1.82) is 0 Å². The zero-order valence-corrected chi connectivity index (χ0v) is 9.14. The van der Waals surface area contributed by atoms with Gasteiger partial charge in [-0.25, -0.2) is 4.39 Å². The van der Waals surface area contributed by atoms with Gasteiger partial charge in [-0.1, -0.05) is 0 Å². The number of nitrogens with one attached hydrogen (secondary N) is 1. The number of amides is 1. The second-order valence-electron chi connectivity index (χ2n) is 3.60. The van der Waals surface area contributed by atoms with Crippen molar-refractivity contribution in [3.63, 3.8) is 0 Å². The largest absolute Gasteiger partial charge is 0.399 e. The third kappa shape index (κ3) is 2.41. The molecule has 6 heteroatoms. The van der Waals surface area contributed by atoms with E-state index in [1.807, 2.05) is 0 Å². The molecule has 88 valence electrons. The van der Waals surface area contributed by atoms with Crippen LogP contribution >= 0.6 is 0 Å². The Morgan fingerprint density at radius 2 is 2.29 bits per heavy atom. The van der Waals surface area contributed by atoms with Crippen LogP contribution in [0.1, 0.15) is 10.4 Å². The summed E-state index contributed by atoms with van der Waals surface area (Å²) in [5.41, 5.74) is 6.25. The molecule has 1 heterocycles. The van der Waals surface area contributed by atoms with Crippen LogP contribution in [0.15, 0.2) is 30.6 Å². The van der Waals surface area contributed by atoms with Gasteiger partial charge >= 0.3 is 0 Å². The number of aromatic nitrogens is 2. The number of hydrogen-bond acceptors (Lipinski definition) is 3. The highest BCUT2D eigenvalue weighted by Crippen LogP contribution is 2.14. The minimum atomic E-state index is -0.611. The van der Waals surface area contributed by atoms with Gasteiger partial charge in [-0.15, -0.1) is 0 Å². The summed E-state index contributed by atoms with van der Waals surface area (Å²) >= 11 is 0. The number of anilines is 2. The molecule has 2 rings (SSSR count). The smallest absolute Gasteiger partial charge is 0.258 e. The maximum Gasteiger partial charge on any atom is 0.258 e. The summed E-state index contributed by atoms with van der Waals surface area (Å²) in [7, 11) is 1.72. The predicted molar refractivity (Wildman–Crippen MR) is 62.0 cm³/mol. The van der Waals surface area contributed by atoms with Gasteiger partial charge in [0.15, 0.2) is 0 Å². The van der Waals surface area contributed by atoms with Crippen molar-refractivity contribution < 1.29 is 9.18 Å². The Morgan fingerprint density at radius 1 is 1.53 bits per heavy atom. The minimum absolute atomic E-state index is 0.0890. The summed E-state index contributed by atoms with van der Waals surface area (Å²) < 4.78 is 14.9. The molecule has 1 amide bonds. The Balaban J connectivity index is 2.22. The third-order valence-electron chi connectivity index (χ3n) is 2.20. The maximum absolute atomic E-state index is 13.4. The van der Waals surface area contributed by atoms with Gasteiger partial charge in [0.2, 0.25) is 0 Å². The van der Waals surface area contributed by atoms with Crippen LogP contribution in [0.3, 0.4) is 0 Å². The molecular weight excluding hydrogens is 223 g/mol. The van der Waals surface area contributed by atoms with Crippen molar-refractivity contribution >= 4 is 17.3 Å². The highest BCUT2D eigenvalue weighted by Gasteiger charge is 2.12. The Hall–Kier alpha value is -2.37. The fraction of sp³-hybridized carbons (Fsp3) is 0.0909. The Morgan fingerprint density at radius 3 is 2.94 bits per heavy atom. The molecule has 0 aliphatic carbocycles. The molecule has 5 nitrogen and oxygen atoms in total. The Bertz CT molecular complexity index is 564. The van der Waals surface area contributed by atoms with E-state index < -0.39 is 11.7 Å². The zero-order valence-electron chi connectivity index (χ0n) is 9.14. The van der Waals surface area contributed by atoms with E-state index in [1.165, 1.54) is 23.0 Å². The fourth-order valence-electron chi connectivity index (χ4n) is 1.40. The van der Waals surface area contributed by atoms with Crippen molar-refractivity contribution in [2.24, 2.45) is 7.05 Å². The number of carbonyl (C=O) groups is 1. The molecule has 2 aromatic rings. The maximum atomic E-state index is 13.4. The molecular formula is C11H11FN4O. The van der Waals surface area contributed by atoms with Crippen LogP contribution in [0, 0.1) is 5.82 Å². The SMILES string of the molecule is Cn1cc(NC(=O)c2cc(N)ccc2F)cn1. The topological polar surface area (TPSA) is 72.9 Å². The molecule has 0 atom stereocenters. The van der Waals surface area contributed by atoms with E-state index in [-0.39, 0.29) is 5.56 Å². The first-order valence-electron chi connectivity index (χ1n) is 4.91. The van der Waals surface area contributed by atoms with Gasteiger partial charge in [-0.3, -0.25) is 9.48 Å². The monoisotopic (exact) mass is 234 g/mol. The van der Waals surface area contributed by atoms with Gasteiger partial charge in [0.25, 0.3) is 5.91 Å². The third-order valence-corrected chi connectivity index (χ3v) is 2.20. The molecule has 0 saturated carbocycles. The molecule has 0 fully saturated rings. The number of aryl methyl sites for hydroxylation is 1. The summed E-state index contributed by atoms with van der Waals surface area (Å²) in [5, 5.41) is 6.42. The number of rotatable bonds is 2. The lowest BCUT2D eigenvalue weighted by molar-refractivity contribution is 0.102. The van der Waals surface area contributed by atoms with E-state index in [4.69, 9.17) is 5.73 Å². The number of hydrogen-bond donors (Lipinski definition) is 2. The van der Waals surface area contributed by atoms with Crippen molar-refractivity contribution in [3.8, 4) is 0 Å². The summed E-state index contributed by atoms with van der Waals surface area (Å²) in [6.45, 7) is 0. The quantitative estimate of drug-likeness (QED) is 0.771. The lowest BCUT2D eigenvalue weighted by Crippen LogP contribution is -2.13. The van der Waals surface area contributed by atoms with E-state index in [0.717, 1.165) is 6.07 Å². The van der Waals surface area contributed by atoms with Crippen LogP contribution in [-0.4, -0.2) is 15.7 Å². The molecule has 0 aliphatic rings. The first kappa shape index (κ1) is 11.1. The standard InChI is InChI=1S/C11H11FN4O/c1-16-6-8(5-14-16)15-11(17)9-4-7(13)2-3-10(9)12/h2-6H,13H2,1H3,(H,15,17). The van der Waals surface area contributed by atoms with Crippen LogP contribution in [-0.2, 0) is 7.05 Å². The Kier molecular flexibility index (Phi) is 2.78. The van der Waals surface area contributed by atoms with Crippen LogP contribution in [0.25, 0.3) is 0 Å². The van der Waals surface area contributed by atoms with Crippen LogP contribution in [0.4, 0.5) is 15.8 Å². The molecule has 0 saturated heterocycles. The van der Waals surface area contributed by atoms with Gasteiger partial charge in [-0.05, 0) is 18.2 Å². The van der Waals surface area contributed by atoms with E-state index >= 15 is 0 Å². The van der Waals surface area contributed by atoms with Gasteiger partial charge in [-0.2, -0.15) is 5.10 Å². The first-order valence-corrected chi connectivity index (χ1v) is 4.91. The lowest BCUT2D eigenvalue weighted by Gasteiger charge is -2.04. The van der Waals surface area contributed by atoms with Gasteiger partial charge < -0.3 is 11.1 Å². The average Bonchev–Trinajstić information content (AvgIpc) is 2.67. The van der Waals surface area contributed by atoms with Crippen molar-refractivity contribution in [2.45, 2.75) is 0 Å². The normalized spacial score (nSPS) is 10.2. The number of halogens is 1. The van der Waals surface area contributed by atoms with Crippen LogP contribution in [0.2, 0.25) is 0 Å². The predicted octanol–water partition coefficient (Wildman–Crippen LogP) is 1.39. The zero-order chi connectivity index (χ0) is 12.4. The number of carbonyl (C=O) groups excluding carboxylic acids is 1. The van der Waals surface area contributed by atoms with Crippen molar-refractivity contribution in [1.82, 2.24) is 9.78 Å². The van der Waals surface area contributed by atoms with E-state index in [2.05, 4.69) is 10.4 Å². The average molecular weight is 234 g/mol. The second kappa shape index (κ2) is 4.25. The van der Waals surface area contributed by atoms with Crippen LogP contribution < -0.4 is 11.1 Å². The fourth-order valence-corrected chi connectivity index (χ4v) is 1.40. The molecule has 0 unspecified atom stereocenters. The summed E-state index contributed by atoms with van der Waals surface area (Å²) in [5.74, 6) is -1.16. The van der Waals surface area contributed by atoms with E-state index in [9.17, 15) is 9.18 Å². The molecule has 0 aliphatic heterocycles. The number of nitrogen functional groups attached to an aromatic ring is 1. The summed E-state index contributed by atoms with van der Waals surface area (Å²) in [6.07, 6.45) is 3.09. The molecule has 1 aromatic heterocycles. The molecule has 17 heavy (non-hydrogen) atoms. The number of nitrogens with zero attached hydrogens (tertiary/aromatic N) is 2. The first-order chi connectivity index (χ1) is 8.06. The lowest BCUT2D eigenvalue weighted by atomic mass is 10.2. The van der Waals surface area contributed by atoms with Crippen molar-refractivity contribution in [3.05, 3.63) is 42.0 Å². The van der Waals surface area contributed by atoms with Gasteiger partial charge in [0, 0.05) is 18.9 Å². The van der Waals surface area contributed by atoms with Gasteiger partial charge in [0.05, 0.1) is 17.4 Å². The summed E-state index contributed by atoms with van der Waals surface area (Å²) in [6, 6.07) is 3.85. The van der Waals surface area contributed by atoms with Gasteiger partial charge in [0.1, 0.15) is 5.82 Å². The van der Waals surface area contributed by atoms with E-state index in [1.54, 1.807) is 13.2 Å².